The van der Waals surface area contributed by atoms with Crippen LogP contribution in [-0.4, -0.2) is 27.5 Å². The van der Waals surface area contributed by atoms with Gasteiger partial charge in [-0.15, -0.1) is 0 Å². The van der Waals surface area contributed by atoms with Crippen LogP contribution in [0.1, 0.15) is 31.8 Å². The minimum Gasteiger partial charge on any atom is -0.454 e. The number of carbonyl (C=O) groups is 2. The van der Waals surface area contributed by atoms with Crippen LogP contribution in [0.25, 0.3) is 0 Å². The van der Waals surface area contributed by atoms with E-state index in [4.69, 9.17) is 10.5 Å². The first-order chi connectivity index (χ1) is 14.3. The van der Waals surface area contributed by atoms with E-state index in [0.29, 0.717) is 0 Å². The lowest BCUT2D eigenvalue weighted by molar-refractivity contribution is 0.0474. The molecule has 0 amide bonds. The van der Waals surface area contributed by atoms with E-state index in [1.807, 2.05) is 13.0 Å². The zero-order valence-corrected chi connectivity index (χ0v) is 16.6. The van der Waals surface area contributed by atoms with Crippen LogP contribution in [0.4, 0.5) is 5.82 Å². The van der Waals surface area contributed by atoms with Crippen LogP contribution in [0.15, 0.2) is 64.2 Å². The zero-order chi connectivity index (χ0) is 21.8. The molecule has 0 aliphatic heterocycles. The van der Waals surface area contributed by atoms with Crippen molar-refractivity contribution in [3.05, 3.63) is 97.7 Å². The second-order valence-corrected chi connectivity index (χ2v) is 6.84. The summed E-state index contributed by atoms with van der Waals surface area (Å²) in [5.41, 5.74) is 6.19. The fourth-order valence-electron chi connectivity index (χ4n) is 2.94. The lowest BCUT2D eigenvalue weighted by Gasteiger charge is -2.14. The topological polar surface area (TPSA) is 113 Å². The number of ketones is 1. The number of rotatable bonds is 6. The number of benzene rings is 2. The zero-order valence-electron chi connectivity index (χ0n) is 16.6. The molecule has 0 atom stereocenters. The molecule has 0 unspecified atom stereocenters. The third-order valence-corrected chi connectivity index (χ3v) is 4.67. The summed E-state index contributed by atoms with van der Waals surface area (Å²) in [6, 6.07) is 15.7. The molecular formula is C22H21N3O5. The van der Waals surface area contributed by atoms with Gasteiger partial charge in [-0.25, -0.2) is 9.59 Å². The Kier molecular flexibility index (Phi) is 5.96. The maximum atomic E-state index is 12.7. The first-order valence-corrected chi connectivity index (χ1v) is 9.19. The largest absolute Gasteiger partial charge is 0.454 e. The molecule has 3 rings (SSSR count). The van der Waals surface area contributed by atoms with Gasteiger partial charge < -0.3 is 10.5 Å². The monoisotopic (exact) mass is 407 g/mol. The number of nitrogens with two attached hydrogens (primary N) is 1. The first-order valence-electron chi connectivity index (χ1n) is 9.19. The summed E-state index contributed by atoms with van der Waals surface area (Å²) in [5.74, 6) is -1.74. The van der Waals surface area contributed by atoms with Gasteiger partial charge in [0, 0.05) is 7.05 Å². The summed E-state index contributed by atoms with van der Waals surface area (Å²) in [7, 11) is 1.26. The molecule has 8 heteroatoms. The van der Waals surface area contributed by atoms with Crippen molar-refractivity contribution in [3.8, 4) is 0 Å². The molecular weight excluding hydrogens is 386 g/mol. The van der Waals surface area contributed by atoms with Crippen molar-refractivity contribution in [2.24, 2.45) is 7.05 Å². The number of esters is 1. The molecule has 3 aromatic rings. The van der Waals surface area contributed by atoms with Crippen molar-refractivity contribution in [2.75, 3.05) is 12.3 Å². The normalized spacial score (nSPS) is 10.6. The van der Waals surface area contributed by atoms with E-state index in [1.54, 1.807) is 48.5 Å². The smallest absolute Gasteiger partial charge is 0.338 e. The lowest BCUT2D eigenvalue weighted by Crippen LogP contribution is -2.43. The second-order valence-electron chi connectivity index (χ2n) is 6.84. The number of hydrogen-bond acceptors (Lipinski definition) is 6. The van der Waals surface area contributed by atoms with Gasteiger partial charge in [0.1, 0.15) is 11.4 Å². The highest BCUT2D eigenvalue weighted by Crippen LogP contribution is 2.11. The maximum absolute atomic E-state index is 12.7. The number of nitrogens with zero attached hydrogens (tertiary/aromatic N) is 2. The van der Waals surface area contributed by atoms with Gasteiger partial charge in [-0.05, 0) is 24.6 Å². The second kappa shape index (κ2) is 8.60. The molecule has 0 saturated heterocycles. The van der Waals surface area contributed by atoms with E-state index in [0.717, 1.165) is 20.3 Å². The molecule has 8 nitrogen and oxygen atoms in total. The molecule has 154 valence electrons. The Balaban J connectivity index is 1.88. The predicted molar refractivity (Wildman–Crippen MR) is 112 cm³/mol. The maximum Gasteiger partial charge on any atom is 0.338 e. The van der Waals surface area contributed by atoms with Gasteiger partial charge in [0.05, 0.1) is 12.1 Å². The van der Waals surface area contributed by atoms with E-state index in [2.05, 4.69) is 0 Å². The minimum atomic E-state index is -0.835. The van der Waals surface area contributed by atoms with E-state index >= 15 is 0 Å². The van der Waals surface area contributed by atoms with Crippen LogP contribution >= 0.6 is 0 Å². The summed E-state index contributed by atoms with van der Waals surface area (Å²) >= 11 is 0. The lowest BCUT2D eigenvalue weighted by atomic mass is 10.1. The molecule has 0 spiro atoms. The van der Waals surface area contributed by atoms with Crippen LogP contribution in [0, 0.1) is 6.92 Å². The molecule has 1 aromatic heterocycles. The van der Waals surface area contributed by atoms with Crippen LogP contribution in [-0.2, 0) is 18.3 Å². The standard InChI is InChI=1S/C22H21N3O5/c1-14-8-10-16(11-9-14)21(28)30-13-17(26)18-19(23)25(22(29)24(2)20(18)27)12-15-6-4-3-5-7-15/h3-11H,12-13,23H2,1-2H3. The van der Waals surface area contributed by atoms with Crippen LogP contribution in [0.5, 0.6) is 0 Å². The summed E-state index contributed by atoms with van der Waals surface area (Å²) < 4.78 is 7.00. The van der Waals surface area contributed by atoms with Crippen molar-refractivity contribution in [1.29, 1.82) is 0 Å². The number of hydrogen-bond donors (Lipinski definition) is 1. The van der Waals surface area contributed by atoms with Crippen molar-refractivity contribution < 1.29 is 14.3 Å². The van der Waals surface area contributed by atoms with Crippen molar-refractivity contribution in [1.82, 2.24) is 9.13 Å². The number of nitrogen functional groups attached to an aromatic ring is 1. The van der Waals surface area contributed by atoms with E-state index < -0.39 is 29.6 Å². The number of aryl methyl sites for hydroxylation is 1. The molecule has 0 fully saturated rings. The van der Waals surface area contributed by atoms with Gasteiger partial charge in [0.15, 0.2) is 6.61 Å². The van der Waals surface area contributed by atoms with Crippen molar-refractivity contribution in [2.45, 2.75) is 13.5 Å². The summed E-state index contributed by atoms with van der Waals surface area (Å²) in [6.45, 7) is 1.29. The molecule has 30 heavy (non-hydrogen) atoms. The highest BCUT2D eigenvalue weighted by Gasteiger charge is 2.23. The molecule has 0 aliphatic rings. The Labute approximate surface area is 172 Å². The van der Waals surface area contributed by atoms with Gasteiger partial charge in [-0.2, -0.15) is 0 Å². The third-order valence-electron chi connectivity index (χ3n) is 4.67. The van der Waals surface area contributed by atoms with Gasteiger partial charge in [-0.3, -0.25) is 18.7 Å². The molecule has 0 saturated carbocycles. The Bertz CT molecular complexity index is 1210. The molecule has 0 aliphatic carbocycles. The molecule has 0 radical (unpaired) electrons. The predicted octanol–water partition coefficient (Wildman–Crippen LogP) is 1.53. The van der Waals surface area contributed by atoms with Crippen molar-refractivity contribution in [3.63, 3.8) is 0 Å². The summed E-state index contributed by atoms with van der Waals surface area (Å²) in [6.07, 6.45) is 0. The summed E-state index contributed by atoms with van der Waals surface area (Å²) in [4.78, 5) is 49.8. The number of carbonyl (C=O) groups excluding carboxylic acids is 2. The fourth-order valence-corrected chi connectivity index (χ4v) is 2.94. The average Bonchev–Trinajstić information content (AvgIpc) is 2.75. The van der Waals surface area contributed by atoms with Crippen LogP contribution in [0.2, 0.25) is 0 Å². The number of anilines is 1. The molecule has 2 N–H and O–H groups in total. The number of ether oxygens (including phenoxy) is 1. The Morgan fingerprint density at radius 3 is 2.27 bits per heavy atom. The average molecular weight is 407 g/mol. The highest BCUT2D eigenvalue weighted by atomic mass is 16.5. The Hall–Kier alpha value is -3.94. The summed E-state index contributed by atoms with van der Waals surface area (Å²) in [5, 5.41) is 0. The van der Waals surface area contributed by atoms with E-state index in [-0.39, 0.29) is 23.5 Å². The fraction of sp³-hybridized carbons (Fsp3) is 0.182. The van der Waals surface area contributed by atoms with E-state index in [1.165, 1.54) is 7.05 Å². The van der Waals surface area contributed by atoms with Gasteiger partial charge in [0.25, 0.3) is 5.56 Å². The third kappa shape index (κ3) is 4.22. The number of Topliss-reactive ketones (excluding diaryl/α,β-unsaturated/α-hetero) is 1. The van der Waals surface area contributed by atoms with Gasteiger partial charge in [0.2, 0.25) is 5.78 Å². The van der Waals surface area contributed by atoms with Crippen molar-refractivity contribution >= 4 is 17.6 Å². The SMILES string of the molecule is Cc1ccc(C(=O)OCC(=O)c2c(N)n(Cc3ccccc3)c(=O)n(C)c2=O)cc1. The molecule has 2 aromatic carbocycles. The minimum absolute atomic E-state index is 0.0864. The van der Waals surface area contributed by atoms with Gasteiger partial charge >= 0.3 is 11.7 Å². The quantitative estimate of drug-likeness (QED) is 0.490. The highest BCUT2D eigenvalue weighted by molar-refractivity contribution is 6.02. The number of aromatic nitrogens is 2. The van der Waals surface area contributed by atoms with E-state index in [9.17, 15) is 19.2 Å². The molecule has 0 bridgehead atoms. The Morgan fingerprint density at radius 1 is 1.00 bits per heavy atom. The van der Waals surface area contributed by atoms with Gasteiger partial charge in [-0.1, -0.05) is 48.0 Å². The first kappa shape index (κ1) is 20.8. The van der Waals surface area contributed by atoms with Crippen LogP contribution < -0.4 is 17.0 Å². The Morgan fingerprint density at radius 2 is 1.63 bits per heavy atom. The molecule has 1 heterocycles. The van der Waals surface area contributed by atoms with Crippen LogP contribution in [0.3, 0.4) is 0 Å².